The lowest BCUT2D eigenvalue weighted by Crippen LogP contribution is -1.99. The summed E-state index contributed by atoms with van der Waals surface area (Å²) in [5.41, 5.74) is 8.81. The molecule has 0 fully saturated rings. The summed E-state index contributed by atoms with van der Waals surface area (Å²) in [6.45, 7) is 5.99. The smallest absolute Gasteiger partial charge is 0.226 e. The van der Waals surface area contributed by atoms with Crippen LogP contribution in [0.3, 0.4) is 0 Å². The van der Waals surface area contributed by atoms with E-state index >= 15 is 0 Å². The molecular weight excluding hydrogens is 214 g/mol. The third-order valence-corrected chi connectivity index (χ3v) is 2.64. The second-order valence-electron chi connectivity index (χ2n) is 4.06. The maximum absolute atomic E-state index is 5.69. The number of hydrogen-bond donors (Lipinski definition) is 1. The lowest BCUT2D eigenvalue weighted by molar-refractivity contribution is 0.458. The molecule has 2 aromatic rings. The number of nitrogen functional groups attached to an aromatic ring is 1. The Morgan fingerprint density at radius 3 is 2.53 bits per heavy atom. The van der Waals surface area contributed by atoms with Crippen molar-refractivity contribution in [1.82, 2.24) is 9.97 Å². The predicted octanol–water partition coefficient (Wildman–Crippen LogP) is 2.78. The quantitative estimate of drug-likeness (QED) is 0.860. The highest BCUT2D eigenvalue weighted by molar-refractivity contribution is 5.38. The molecule has 0 amide bonds. The van der Waals surface area contributed by atoms with Gasteiger partial charge < -0.3 is 10.5 Å². The Labute approximate surface area is 100 Å². The summed E-state index contributed by atoms with van der Waals surface area (Å²) in [5, 5.41) is 0. The van der Waals surface area contributed by atoms with E-state index in [1.807, 2.05) is 32.0 Å². The number of rotatable bonds is 2. The van der Waals surface area contributed by atoms with Gasteiger partial charge in [-0.1, -0.05) is 6.07 Å². The lowest BCUT2D eigenvalue weighted by Gasteiger charge is -2.09. The Bertz CT molecular complexity index is 552. The number of nitrogens with zero attached hydrogens (tertiary/aromatic N) is 2. The van der Waals surface area contributed by atoms with Crippen LogP contribution in [0.1, 0.15) is 16.7 Å². The van der Waals surface area contributed by atoms with E-state index in [0.29, 0.717) is 5.88 Å². The first-order chi connectivity index (χ1) is 8.06. The summed E-state index contributed by atoms with van der Waals surface area (Å²) in [5.74, 6) is 1.48. The topological polar surface area (TPSA) is 61.0 Å². The van der Waals surface area contributed by atoms with Crippen LogP contribution in [-0.2, 0) is 0 Å². The summed E-state index contributed by atoms with van der Waals surface area (Å²) < 4.78 is 5.69. The molecule has 4 nitrogen and oxygen atoms in total. The van der Waals surface area contributed by atoms with Gasteiger partial charge in [0.15, 0.2) is 0 Å². The average molecular weight is 229 g/mol. The Morgan fingerprint density at radius 2 is 1.82 bits per heavy atom. The summed E-state index contributed by atoms with van der Waals surface area (Å²) >= 11 is 0. The molecule has 2 N–H and O–H groups in total. The van der Waals surface area contributed by atoms with E-state index in [1.165, 1.54) is 11.1 Å². The molecule has 1 heterocycles. The van der Waals surface area contributed by atoms with Crippen molar-refractivity contribution < 1.29 is 4.74 Å². The summed E-state index contributed by atoms with van der Waals surface area (Å²) in [7, 11) is 0. The summed E-state index contributed by atoms with van der Waals surface area (Å²) in [6, 6.07) is 5.91. The first kappa shape index (κ1) is 11.4. The van der Waals surface area contributed by atoms with Gasteiger partial charge in [0.2, 0.25) is 11.8 Å². The number of anilines is 1. The van der Waals surface area contributed by atoms with Crippen molar-refractivity contribution in [3.05, 3.63) is 41.1 Å². The fraction of sp³-hybridized carbons (Fsp3) is 0.231. The minimum Gasteiger partial charge on any atom is -0.439 e. The standard InChI is InChI=1S/C13H15N3O/c1-8-4-5-11(6-9(8)2)17-12-10(3)7-15-13(14)16-12/h4-7H,1-3H3,(H2,14,15,16). The van der Waals surface area contributed by atoms with Crippen molar-refractivity contribution in [3.8, 4) is 11.6 Å². The molecule has 0 radical (unpaired) electrons. The van der Waals surface area contributed by atoms with Gasteiger partial charge in [-0.25, -0.2) is 4.98 Å². The zero-order chi connectivity index (χ0) is 12.4. The van der Waals surface area contributed by atoms with Gasteiger partial charge in [0, 0.05) is 11.8 Å². The maximum Gasteiger partial charge on any atom is 0.226 e. The van der Waals surface area contributed by atoms with Crippen molar-refractivity contribution in [2.45, 2.75) is 20.8 Å². The zero-order valence-corrected chi connectivity index (χ0v) is 10.2. The number of nitrogens with two attached hydrogens (primary N) is 1. The average Bonchev–Trinajstić information content (AvgIpc) is 2.29. The van der Waals surface area contributed by atoms with Gasteiger partial charge in [-0.05, 0) is 44.0 Å². The van der Waals surface area contributed by atoms with Crippen LogP contribution in [0.2, 0.25) is 0 Å². The zero-order valence-electron chi connectivity index (χ0n) is 10.2. The first-order valence-corrected chi connectivity index (χ1v) is 5.40. The van der Waals surface area contributed by atoms with Gasteiger partial charge in [0.05, 0.1) is 0 Å². The van der Waals surface area contributed by atoms with Crippen LogP contribution >= 0.6 is 0 Å². The second kappa shape index (κ2) is 4.41. The fourth-order valence-corrected chi connectivity index (χ4v) is 1.43. The third kappa shape index (κ3) is 2.53. The molecule has 1 aromatic heterocycles. The van der Waals surface area contributed by atoms with Crippen LogP contribution in [0, 0.1) is 20.8 Å². The monoisotopic (exact) mass is 229 g/mol. The van der Waals surface area contributed by atoms with E-state index in [-0.39, 0.29) is 5.95 Å². The van der Waals surface area contributed by atoms with Crippen LogP contribution in [0.5, 0.6) is 11.6 Å². The van der Waals surface area contributed by atoms with Crippen LogP contribution in [0.4, 0.5) is 5.95 Å². The molecule has 0 spiro atoms. The molecule has 1 aromatic carbocycles. The predicted molar refractivity (Wildman–Crippen MR) is 67.2 cm³/mol. The molecule has 4 heteroatoms. The lowest BCUT2D eigenvalue weighted by atomic mass is 10.1. The highest BCUT2D eigenvalue weighted by Crippen LogP contribution is 2.24. The highest BCUT2D eigenvalue weighted by atomic mass is 16.5. The highest BCUT2D eigenvalue weighted by Gasteiger charge is 2.05. The minimum atomic E-state index is 0.217. The molecule has 88 valence electrons. The van der Waals surface area contributed by atoms with E-state index in [0.717, 1.165) is 11.3 Å². The van der Waals surface area contributed by atoms with Gasteiger partial charge in [0.25, 0.3) is 0 Å². The van der Waals surface area contributed by atoms with Crippen LogP contribution < -0.4 is 10.5 Å². The van der Waals surface area contributed by atoms with Crippen molar-refractivity contribution in [2.24, 2.45) is 0 Å². The number of aromatic nitrogens is 2. The normalized spacial score (nSPS) is 10.3. The molecule has 0 bridgehead atoms. The molecule has 0 aliphatic carbocycles. The minimum absolute atomic E-state index is 0.217. The van der Waals surface area contributed by atoms with E-state index in [1.54, 1.807) is 6.20 Å². The van der Waals surface area contributed by atoms with Crippen LogP contribution in [0.25, 0.3) is 0 Å². The first-order valence-electron chi connectivity index (χ1n) is 5.40. The fourth-order valence-electron chi connectivity index (χ4n) is 1.43. The molecule has 0 saturated heterocycles. The van der Waals surface area contributed by atoms with Crippen molar-refractivity contribution >= 4 is 5.95 Å². The Balaban J connectivity index is 2.31. The van der Waals surface area contributed by atoms with Crippen molar-refractivity contribution in [1.29, 1.82) is 0 Å². The van der Waals surface area contributed by atoms with E-state index in [4.69, 9.17) is 10.5 Å². The van der Waals surface area contributed by atoms with Crippen molar-refractivity contribution in [2.75, 3.05) is 5.73 Å². The molecule has 17 heavy (non-hydrogen) atoms. The number of hydrogen-bond acceptors (Lipinski definition) is 4. The molecule has 0 aliphatic rings. The molecule has 0 saturated carbocycles. The van der Waals surface area contributed by atoms with Crippen LogP contribution in [-0.4, -0.2) is 9.97 Å². The van der Waals surface area contributed by atoms with E-state index in [2.05, 4.69) is 16.9 Å². The molecular formula is C13H15N3O. The summed E-state index contributed by atoms with van der Waals surface area (Å²) in [4.78, 5) is 7.96. The SMILES string of the molecule is Cc1ccc(Oc2nc(N)ncc2C)cc1C. The van der Waals surface area contributed by atoms with Gasteiger partial charge >= 0.3 is 0 Å². The molecule has 2 rings (SSSR count). The molecule has 0 atom stereocenters. The number of ether oxygens (including phenoxy) is 1. The van der Waals surface area contributed by atoms with Crippen LogP contribution in [0.15, 0.2) is 24.4 Å². The largest absolute Gasteiger partial charge is 0.439 e. The van der Waals surface area contributed by atoms with Crippen molar-refractivity contribution in [3.63, 3.8) is 0 Å². The van der Waals surface area contributed by atoms with Gasteiger partial charge in [-0.3, -0.25) is 0 Å². The Hall–Kier alpha value is -2.10. The van der Waals surface area contributed by atoms with Gasteiger partial charge in [-0.2, -0.15) is 4.98 Å². The number of benzene rings is 1. The third-order valence-electron chi connectivity index (χ3n) is 2.64. The Kier molecular flexibility index (Phi) is 2.95. The molecule has 0 unspecified atom stereocenters. The second-order valence-corrected chi connectivity index (χ2v) is 4.06. The Morgan fingerprint density at radius 1 is 1.06 bits per heavy atom. The van der Waals surface area contributed by atoms with E-state index < -0.39 is 0 Å². The maximum atomic E-state index is 5.69. The molecule has 0 aliphatic heterocycles. The van der Waals surface area contributed by atoms with Gasteiger partial charge in [-0.15, -0.1) is 0 Å². The van der Waals surface area contributed by atoms with E-state index in [9.17, 15) is 0 Å². The summed E-state index contributed by atoms with van der Waals surface area (Å²) in [6.07, 6.45) is 1.65. The van der Waals surface area contributed by atoms with Gasteiger partial charge in [0.1, 0.15) is 5.75 Å². The number of aryl methyl sites for hydroxylation is 3.